The first kappa shape index (κ1) is 12.6. The van der Waals surface area contributed by atoms with Crippen molar-refractivity contribution < 1.29 is 0 Å². The molecule has 0 radical (unpaired) electrons. The summed E-state index contributed by atoms with van der Waals surface area (Å²) in [6, 6.07) is 0. The van der Waals surface area contributed by atoms with E-state index in [1.165, 1.54) is 0 Å². The van der Waals surface area contributed by atoms with Gasteiger partial charge >= 0.3 is 0 Å². The van der Waals surface area contributed by atoms with Gasteiger partial charge in [-0.3, -0.25) is 0 Å². The van der Waals surface area contributed by atoms with Gasteiger partial charge in [0, 0.05) is 0 Å². The first-order chi connectivity index (χ1) is 4.09. The summed E-state index contributed by atoms with van der Waals surface area (Å²) in [5.41, 5.74) is 5.57. The van der Waals surface area contributed by atoms with Crippen LogP contribution in [0.25, 0.3) is 0 Å². The summed E-state index contributed by atoms with van der Waals surface area (Å²) in [6.45, 7) is 9.76. The Morgan fingerprint density at radius 3 is 1.30 bits per heavy atom. The van der Waals surface area contributed by atoms with Crippen LogP contribution in [0.5, 0.6) is 0 Å². The summed E-state index contributed by atoms with van der Waals surface area (Å²) in [5.74, 6) is 2.16. The van der Waals surface area contributed by atoms with Crippen molar-refractivity contribution in [2.24, 2.45) is 23.5 Å². The van der Waals surface area contributed by atoms with Gasteiger partial charge in [0.25, 0.3) is 0 Å². The summed E-state index contributed by atoms with van der Waals surface area (Å²) in [7, 11) is 0. The topological polar surface area (TPSA) is 61.0 Å². The fourth-order valence-electron chi connectivity index (χ4n) is 1.31. The standard InChI is InChI=1S/C8H19N.H3N/c1-6(2)8(5-9)7(3)4;/h6-8H,5,9H2,1-4H3;1H3. The maximum absolute atomic E-state index is 5.57. The second-order valence-corrected chi connectivity index (χ2v) is 3.39. The molecule has 0 aliphatic heterocycles. The van der Waals surface area contributed by atoms with E-state index in [0.29, 0.717) is 5.92 Å². The van der Waals surface area contributed by atoms with Crippen molar-refractivity contribution in [2.75, 3.05) is 6.54 Å². The molecule has 0 aromatic carbocycles. The van der Waals surface area contributed by atoms with Gasteiger partial charge in [0.15, 0.2) is 0 Å². The number of rotatable bonds is 3. The van der Waals surface area contributed by atoms with Crippen LogP contribution in [-0.2, 0) is 0 Å². The molecule has 0 unspecified atom stereocenters. The van der Waals surface area contributed by atoms with Crippen LogP contribution in [0.2, 0.25) is 0 Å². The van der Waals surface area contributed by atoms with E-state index < -0.39 is 0 Å². The Morgan fingerprint density at radius 2 is 1.30 bits per heavy atom. The van der Waals surface area contributed by atoms with E-state index in [0.717, 1.165) is 18.4 Å². The van der Waals surface area contributed by atoms with Crippen LogP contribution in [0.1, 0.15) is 27.7 Å². The Labute approximate surface area is 64.8 Å². The molecule has 64 valence electrons. The molecule has 0 fully saturated rings. The Bertz CT molecular complexity index is 61.7. The summed E-state index contributed by atoms with van der Waals surface area (Å²) >= 11 is 0. The lowest BCUT2D eigenvalue weighted by atomic mass is 9.86. The predicted molar refractivity (Wildman–Crippen MR) is 47.2 cm³/mol. The predicted octanol–water partition coefficient (Wildman–Crippen LogP) is 2.04. The normalized spacial score (nSPS) is 10.8. The molecule has 10 heavy (non-hydrogen) atoms. The molecule has 0 spiro atoms. The third kappa shape index (κ3) is 3.85. The van der Waals surface area contributed by atoms with Crippen LogP contribution < -0.4 is 11.9 Å². The first-order valence-electron chi connectivity index (χ1n) is 3.79. The molecular weight excluding hydrogens is 124 g/mol. The van der Waals surface area contributed by atoms with Crippen LogP contribution >= 0.6 is 0 Å². The second-order valence-electron chi connectivity index (χ2n) is 3.39. The van der Waals surface area contributed by atoms with E-state index in [-0.39, 0.29) is 6.15 Å². The highest BCUT2D eigenvalue weighted by atomic mass is 14.6. The Hall–Kier alpha value is -0.0800. The fraction of sp³-hybridized carbons (Fsp3) is 1.00. The largest absolute Gasteiger partial charge is 0.344 e. The summed E-state index contributed by atoms with van der Waals surface area (Å²) < 4.78 is 0. The van der Waals surface area contributed by atoms with Crippen LogP contribution in [-0.4, -0.2) is 6.54 Å². The second kappa shape index (κ2) is 5.69. The molecule has 2 nitrogen and oxygen atoms in total. The Balaban J connectivity index is 0. The van der Waals surface area contributed by atoms with E-state index in [2.05, 4.69) is 27.7 Å². The van der Waals surface area contributed by atoms with E-state index in [1.807, 2.05) is 0 Å². The van der Waals surface area contributed by atoms with Crippen molar-refractivity contribution in [3.63, 3.8) is 0 Å². The van der Waals surface area contributed by atoms with Gasteiger partial charge in [-0.05, 0) is 24.3 Å². The molecule has 0 aromatic heterocycles. The minimum Gasteiger partial charge on any atom is -0.344 e. The molecule has 2 heteroatoms. The van der Waals surface area contributed by atoms with Gasteiger partial charge in [-0.1, -0.05) is 27.7 Å². The Kier molecular flexibility index (Phi) is 7.15. The summed E-state index contributed by atoms with van der Waals surface area (Å²) in [6.07, 6.45) is 0. The molecule has 0 aromatic rings. The van der Waals surface area contributed by atoms with Gasteiger partial charge < -0.3 is 11.9 Å². The number of hydrogen-bond acceptors (Lipinski definition) is 2. The molecular formula is C8H22N2. The van der Waals surface area contributed by atoms with Crippen molar-refractivity contribution in [1.82, 2.24) is 6.15 Å². The lowest BCUT2D eigenvalue weighted by Gasteiger charge is -2.22. The molecule has 0 atom stereocenters. The minimum absolute atomic E-state index is 0. The van der Waals surface area contributed by atoms with Crippen molar-refractivity contribution >= 4 is 0 Å². The number of hydrogen-bond donors (Lipinski definition) is 2. The highest BCUT2D eigenvalue weighted by Crippen LogP contribution is 2.18. The zero-order chi connectivity index (χ0) is 7.44. The lowest BCUT2D eigenvalue weighted by molar-refractivity contribution is 0.297. The molecule has 0 heterocycles. The maximum Gasteiger partial charge on any atom is -0.00440 e. The molecule has 0 saturated carbocycles. The molecule has 0 amide bonds. The minimum atomic E-state index is 0. The van der Waals surface area contributed by atoms with E-state index in [9.17, 15) is 0 Å². The van der Waals surface area contributed by atoms with Crippen LogP contribution in [0.3, 0.4) is 0 Å². The van der Waals surface area contributed by atoms with E-state index >= 15 is 0 Å². The molecule has 0 bridgehead atoms. The van der Waals surface area contributed by atoms with E-state index in [1.54, 1.807) is 0 Å². The van der Waals surface area contributed by atoms with Crippen molar-refractivity contribution in [3.8, 4) is 0 Å². The first-order valence-corrected chi connectivity index (χ1v) is 3.79. The zero-order valence-electron chi connectivity index (χ0n) is 7.72. The van der Waals surface area contributed by atoms with Gasteiger partial charge in [-0.2, -0.15) is 0 Å². The fourth-order valence-corrected chi connectivity index (χ4v) is 1.31. The zero-order valence-corrected chi connectivity index (χ0v) is 7.72. The van der Waals surface area contributed by atoms with Gasteiger partial charge in [0.1, 0.15) is 0 Å². The average molecular weight is 146 g/mol. The van der Waals surface area contributed by atoms with Gasteiger partial charge in [-0.25, -0.2) is 0 Å². The van der Waals surface area contributed by atoms with Gasteiger partial charge in [0.2, 0.25) is 0 Å². The molecule has 0 rings (SSSR count). The van der Waals surface area contributed by atoms with Gasteiger partial charge in [-0.15, -0.1) is 0 Å². The van der Waals surface area contributed by atoms with Crippen LogP contribution in [0.15, 0.2) is 0 Å². The third-order valence-corrected chi connectivity index (χ3v) is 1.98. The van der Waals surface area contributed by atoms with E-state index in [4.69, 9.17) is 5.73 Å². The Morgan fingerprint density at radius 1 is 1.00 bits per heavy atom. The lowest BCUT2D eigenvalue weighted by Crippen LogP contribution is -2.24. The maximum atomic E-state index is 5.57. The van der Waals surface area contributed by atoms with Crippen LogP contribution in [0.4, 0.5) is 0 Å². The van der Waals surface area contributed by atoms with Crippen LogP contribution in [0, 0.1) is 17.8 Å². The molecule has 0 aliphatic carbocycles. The molecule has 5 N–H and O–H groups in total. The summed E-state index contributed by atoms with van der Waals surface area (Å²) in [5, 5.41) is 0. The van der Waals surface area contributed by atoms with Crippen molar-refractivity contribution in [1.29, 1.82) is 0 Å². The molecule has 0 saturated heterocycles. The smallest absolute Gasteiger partial charge is 0.00440 e. The highest BCUT2D eigenvalue weighted by Gasteiger charge is 2.14. The highest BCUT2D eigenvalue weighted by molar-refractivity contribution is 4.66. The summed E-state index contributed by atoms with van der Waals surface area (Å²) in [4.78, 5) is 0. The average Bonchev–Trinajstić information content (AvgIpc) is 1.64. The SMILES string of the molecule is CC(C)C(CN)C(C)C.N. The monoisotopic (exact) mass is 146 g/mol. The van der Waals surface area contributed by atoms with Gasteiger partial charge in [0.05, 0.1) is 0 Å². The number of nitrogens with two attached hydrogens (primary N) is 1. The van der Waals surface area contributed by atoms with Crippen molar-refractivity contribution in [2.45, 2.75) is 27.7 Å². The molecule has 0 aliphatic rings. The van der Waals surface area contributed by atoms with Crippen molar-refractivity contribution in [3.05, 3.63) is 0 Å². The third-order valence-electron chi connectivity index (χ3n) is 1.98. The quantitative estimate of drug-likeness (QED) is 0.640.